The van der Waals surface area contributed by atoms with Crippen LogP contribution in [-0.4, -0.2) is 93.0 Å². The Morgan fingerprint density at radius 2 is 1.60 bits per heavy atom. The van der Waals surface area contributed by atoms with Crippen molar-refractivity contribution < 1.29 is 33.3 Å². The highest BCUT2D eigenvalue weighted by atomic mass is 16.6. The van der Waals surface area contributed by atoms with Crippen molar-refractivity contribution in [2.24, 2.45) is 11.8 Å². The molecular formula is C37H51N3O7. The van der Waals surface area contributed by atoms with E-state index >= 15 is 0 Å². The van der Waals surface area contributed by atoms with Gasteiger partial charge in [0.05, 0.1) is 24.5 Å². The Hall–Kier alpha value is -3.63. The number of methoxy groups -OCH3 is 2. The van der Waals surface area contributed by atoms with Gasteiger partial charge in [-0.3, -0.25) is 9.59 Å². The average molecular weight is 650 g/mol. The smallest absolute Gasteiger partial charge is 0.410 e. The molecule has 0 aliphatic carbocycles. The maximum Gasteiger partial charge on any atom is 0.410 e. The predicted molar refractivity (Wildman–Crippen MR) is 178 cm³/mol. The summed E-state index contributed by atoms with van der Waals surface area (Å²) in [5, 5.41) is 3.30. The Kier molecular flexibility index (Phi) is 11.1. The molecule has 2 aromatic carbocycles. The van der Waals surface area contributed by atoms with Crippen LogP contribution >= 0.6 is 0 Å². The molecule has 47 heavy (non-hydrogen) atoms. The van der Waals surface area contributed by atoms with Crippen molar-refractivity contribution in [3.63, 3.8) is 0 Å². The number of para-hydroxylation sites is 2. The Morgan fingerprint density at radius 1 is 0.936 bits per heavy atom. The van der Waals surface area contributed by atoms with Crippen LogP contribution in [0.5, 0.6) is 11.5 Å². The van der Waals surface area contributed by atoms with Crippen molar-refractivity contribution in [1.29, 1.82) is 0 Å². The SMILES string of the molecule is COCCCCC1(CNC(=O)C2C[C@@H](C(=O)N3CCC[C@@H]3COC)CN(C(=O)OC(C)(C)C)C2)c2ccccc2Oc2ccccc21. The molecule has 1 N–H and O–H groups in total. The fourth-order valence-corrected chi connectivity index (χ4v) is 7.44. The number of likely N-dealkylation sites (tertiary alicyclic amines) is 2. The molecule has 3 aliphatic heterocycles. The molecule has 0 bridgehead atoms. The molecular weight excluding hydrogens is 598 g/mol. The molecule has 5 rings (SSSR count). The van der Waals surface area contributed by atoms with Crippen LogP contribution in [0, 0.1) is 11.8 Å². The third-order valence-corrected chi connectivity index (χ3v) is 9.63. The van der Waals surface area contributed by atoms with E-state index < -0.39 is 28.9 Å². The van der Waals surface area contributed by atoms with E-state index in [2.05, 4.69) is 17.4 Å². The van der Waals surface area contributed by atoms with Crippen LogP contribution in [0.2, 0.25) is 0 Å². The number of hydrogen-bond donors (Lipinski definition) is 1. The van der Waals surface area contributed by atoms with E-state index in [4.69, 9.17) is 18.9 Å². The van der Waals surface area contributed by atoms with Crippen molar-refractivity contribution in [2.75, 3.05) is 53.6 Å². The largest absolute Gasteiger partial charge is 0.457 e. The van der Waals surface area contributed by atoms with Crippen molar-refractivity contribution in [1.82, 2.24) is 15.1 Å². The van der Waals surface area contributed by atoms with E-state index in [1.807, 2.05) is 62.1 Å². The minimum absolute atomic E-state index is 0.00306. The lowest BCUT2D eigenvalue weighted by Crippen LogP contribution is -2.55. The van der Waals surface area contributed by atoms with Crippen LogP contribution in [0.3, 0.4) is 0 Å². The molecule has 0 saturated carbocycles. The Balaban J connectivity index is 1.41. The van der Waals surface area contributed by atoms with Gasteiger partial charge in [-0.1, -0.05) is 36.4 Å². The van der Waals surface area contributed by atoms with Gasteiger partial charge in [-0.15, -0.1) is 0 Å². The van der Waals surface area contributed by atoms with E-state index in [1.165, 1.54) is 0 Å². The molecule has 3 heterocycles. The third kappa shape index (κ3) is 7.92. The zero-order valence-electron chi connectivity index (χ0n) is 28.6. The number of benzene rings is 2. The van der Waals surface area contributed by atoms with E-state index in [0.29, 0.717) is 32.7 Å². The van der Waals surface area contributed by atoms with Gasteiger partial charge in [0, 0.05) is 63.5 Å². The normalized spacial score (nSPS) is 21.8. The maximum absolute atomic E-state index is 14.2. The highest BCUT2D eigenvalue weighted by molar-refractivity contribution is 5.85. The molecule has 256 valence electrons. The van der Waals surface area contributed by atoms with Crippen molar-refractivity contribution in [3.8, 4) is 11.5 Å². The number of rotatable bonds is 11. The Labute approximate surface area is 279 Å². The lowest BCUT2D eigenvalue weighted by Gasteiger charge is -2.42. The number of amides is 3. The summed E-state index contributed by atoms with van der Waals surface area (Å²) in [6.45, 7) is 7.97. The third-order valence-electron chi connectivity index (χ3n) is 9.63. The first-order valence-corrected chi connectivity index (χ1v) is 17.0. The molecule has 1 unspecified atom stereocenters. The summed E-state index contributed by atoms with van der Waals surface area (Å²) in [5.74, 6) is 0.258. The molecule has 0 radical (unpaired) electrons. The summed E-state index contributed by atoms with van der Waals surface area (Å²) in [6, 6.07) is 16.1. The minimum atomic E-state index is -0.705. The summed E-state index contributed by atoms with van der Waals surface area (Å²) < 4.78 is 22.8. The van der Waals surface area contributed by atoms with Crippen LogP contribution in [0.1, 0.15) is 70.4 Å². The Bertz CT molecular complexity index is 1360. The number of carbonyl (C=O) groups is 3. The fraction of sp³-hybridized carbons (Fsp3) is 0.595. The zero-order valence-corrected chi connectivity index (χ0v) is 28.6. The second-order valence-electron chi connectivity index (χ2n) is 14.1. The number of nitrogens with zero attached hydrogens (tertiary/aromatic N) is 2. The summed E-state index contributed by atoms with van der Waals surface area (Å²) in [7, 11) is 3.35. The van der Waals surface area contributed by atoms with Crippen molar-refractivity contribution in [2.45, 2.75) is 76.4 Å². The summed E-state index contributed by atoms with van der Waals surface area (Å²) in [4.78, 5) is 44.9. The molecule has 2 fully saturated rings. The molecule has 3 amide bonds. The molecule has 10 nitrogen and oxygen atoms in total. The standard InChI is InChI=1S/C37H51N3O7/c1-36(2,3)47-35(43)39-22-26(21-27(23-39)34(42)40-19-12-13-28(40)24-45-5)33(41)38-25-37(18-10-11-20-44-4)29-14-6-8-16-31(29)46-32-17-9-7-15-30(32)37/h6-9,14-17,26-28H,10-13,18-25H2,1-5H3,(H,38,41)/t26?,27-,28-/m1/s1. The van der Waals surface area contributed by atoms with Gasteiger partial charge >= 0.3 is 6.09 Å². The van der Waals surface area contributed by atoms with Gasteiger partial charge in [0.1, 0.15) is 17.1 Å². The number of carbonyl (C=O) groups excluding carboxylic acids is 3. The Morgan fingerprint density at radius 3 is 2.23 bits per heavy atom. The van der Waals surface area contributed by atoms with Gasteiger partial charge in [-0.2, -0.15) is 0 Å². The predicted octanol–water partition coefficient (Wildman–Crippen LogP) is 5.52. The maximum atomic E-state index is 14.2. The van der Waals surface area contributed by atoms with E-state index in [9.17, 15) is 14.4 Å². The highest BCUT2D eigenvalue weighted by Crippen LogP contribution is 2.50. The molecule has 3 aliphatic rings. The number of ether oxygens (including phenoxy) is 4. The first-order chi connectivity index (χ1) is 22.6. The van der Waals surface area contributed by atoms with E-state index in [1.54, 1.807) is 19.1 Å². The topological polar surface area (TPSA) is 107 Å². The molecule has 2 aromatic rings. The number of nitrogens with one attached hydrogen (secondary N) is 1. The zero-order chi connectivity index (χ0) is 33.6. The van der Waals surface area contributed by atoms with Crippen LogP contribution in [0.25, 0.3) is 0 Å². The number of unbranched alkanes of at least 4 members (excludes halogenated alkanes) is 1. The van der Waals surface area contributed by atoms with Crippen LogP contribution in [0.15, 0.2) is 48.5 Å². The van der Waals surface area contributed by atoms with Crippen LogP contribution < -0.4 is 10.1 Å². The van der Waals surface area contributed by atoms with Gasteiger partial charge in [0.25, 0.3) is 0 Å². The molecule has 3 atom stereocenters. The summed E-state index contributed by atoms with van der Waals surface area (Å²) in [5.41, 5.74) is 0.818. The minimum Gasteiger partial charge on any atom is -0.457 e. The second kappa shape index (κ2) is 15.1. The number of hydrogen-bond acceptors (Lipinski definition) is 7. The molecule has 10 heteroatoms. The summed E-state index contributed by atoms with van der Waals surface area (Å²) >= 11 is 0. The number of fused-ring (bicyclic) bond motifs is 2. The quantitative estimate of drug-likeness (QED) is 0.320. The average Bonchev–Trinajstić information content (AvgIpc) is 3.52. The molecule has 0 aromatic heterocycles. The van der Waals surface area contributed by atoms with Gasteiger partial charge in [0.2, 0.25) is 11.8 Å². The van der Waals surface area contributed by atoms with Gasteiger partial charge in [-0.05, 0) is 71.4 Å². The molecule has 0 spiro atoms. The highest BCUT2D eigenvalue weighted by Gasteiger charge is 2.45. The van der Waals surface area contributed by atoms with Crippen molar-refractivity contribution >= 4 is 17.9 Å². The number of piperidine rings is 1. The van der Waals surface area contributed by atoms with Gasteiger partial charge < -0.3 is 34.1 Å². The lowest BCUT2D eigenvalue weighted by atomic mass is 9.69. The van der Waals surface area contributed by atoms with Crippen molar-refractivity contribution in [3.05, 3.63) is 59.7 Å². The summed E-state index contributed by atoms with van der Waals surface area (Å²) in [6.07, 6.45) is 4.18. The van der Waals surface area contributed by atoms with Gasteiger partial charge in [-0.25, -0.2) is 4.79 Å². The fourth-order valence-electron chi connectivity index (χ4n) is 7.44. The van der Waals surface area contributed by atoms with Crippen LogP contribution in [-0.2, 0) is 29.2 Å². The van der Waals surface area contributed by atoms with Gasteiger partial charge in [0.15, 0.2) is 0 Å². The van der Waals surface area contributed by atoms with Crippen LogP contribution in [0.4, 0.5) is 4.79 Å². The van der Waals surface area contributed by atoms with E-state index in [0.717, 1.165) is 54.7 Å². The first-order valence-electron chi connectivity index (χ1n) is 17.0. The lowest BCUT2D eigenvalue weighted by molar-refractivity contribution is -0.141. The molecule has 2 saturated heterocycles. The van der Waals surface area contributed by atoms with E-state index in [-0.39, 0.29) is 30.9 Å². The second-order valence-corrected chi connectivity index (χ2v) is 14.1. The monoisotopic (exact) mass is 649 g/mol. The first kappa shape index (κ1) is 34.7.